The Bertz CT molecular complexity index is 5750. The molecule has 0 fully saturated rings. The van der Waals surface area contributed by atoms with Gasteiger partial charge in [0.1, 0.15) is 0 Å². The van der Waals surface area contributed by atoms with Gasteiger partial charge in [-0.25, -0.2) is 9.97 Å². The molecule has 1 atom stereocenters. The van der Waals surface area contributed by atoms with Crippen LogP contribution in [-0.2, 0) is 5.41 Å². The van der Waals surface area contributed by atoms with Crippen LogP contribution in [0.15, 0.2) is 273 Å². The van der Waals surface area contributed by atoms with Crippen molar-refractivity contribution in [1.82, 2.24) is 32.5 Å². The average molecular weight is 1190 g/mol. The fraction of sp³-hybridized carbons (Fsp3) is 0.129. The summed E-state index contributed by atoms with van der Waals surface area (Å²) in [6.07, 6.45) is 0. The number of rotatable bonds is 4. The Balaban J connectivity index is 0.000000106. The molecule has 0 spiro atoms. The molecule has 0 saturated heterocycles. The lowest BCUT2D eigenvalue weighted by atomic mass is 9.78. The molecule has 19 rings (SSSR count). The smallest absolute Gasteiger partial charge is 0.220 e. The van der Waals surface area contributed by atoms with Crippen molar-refractivity contribution in [3.8, 4) is 67.0 Å². The Kier molecular flexibility index (Phi) is 12.8. The average Bonchev–Trinajstić information content (AvgIpc) is 1.49. The maximum absolute atomic E-state index is 5.09. The molecule has 1 unspecified atom stereocenters. The van der Waals surface area contributed by atoms with Gasteiger partial charge < -0.3 is 4.57 Å². The minimum atomic E-state index is 0.115. The third-order valence-corrected chi connectivity index (χ3v) is 19.4. The van der Waals surface area contributed by atoms with Crippen LogP contribution in [0.3, 0.4) is 0 Å². The van der Waals surface area contributed by atoms with Gasteiger partial charge in [-0.15, -0.1) is 0 Å². The summed E-state index contributed by atoms with van der Waals surface area (Å²) in [4.78, 5) is 10.2. The van der Waals surface area contributed by atoms with Gasteiger partial charge in [0.05, 0.1) is 49.7 Å². The van der Waals surface area contributed by atoms with Gasteiger partial charge in [0.15, 0.2) is 0 Å². The molecule has 0 aliphatic heterocycles. The number of para-hydroxylation sites is 7. The maximum atomic E-state index is 5.09. The highest BCUT2D eigenvalue weighted by Gasteiger charge is 2.35. The van der Waals surface area contributed by atoms with Crippen LogP contribution < -0.4 is 0 Å². The fourth-order valence-electron chi connectivity index (χ4n) is 15.4. The molecular formula is C85H69N7. The summed E-state index contributed by atoms with van der Waals surface area (Å²) in [6.45, 7) is 16.0. The zero-order chi connectivity index (χ0) is 62.1. The molecule has 17 aromatic rings. The minimum Gasteiger partial charge on any atom is -0.336 e. The van der Waals surface area contributed by atoms with E-state index in [-0.39, 0.29) is 5.41 Å². The van der Waals surface area contributed by atoms with Crippen LogP contribution in [0.2, 0.25) is 0 Å². The van der Waals surface area contributed by atoms with Gasteiger partial charge in [-0.05, 0) is 171 Å². The summed E-state index contributed by atoms with van der Waals surface area (Å²) in [5.74, 6) is 2.85. The van der Waals surface area contributed by atoms with E-state index >= 15 is 0 Å². The fourth-order valence-corrected chi connectivity index (χ4v) is 15.4. The van der Waals surface area contributed by atoms with Gasteiger partial charge in [0.25, 0.3) is 0 Å². The number of imidazole rings is 4. The van der Waals surface area contributed by atoms with Gasteiger partial charge in [0, 0.05) is 45.2 Å². The highest BCUT2D eigenvalue weighted by molar-refractivity contribution is 6.18. The summed E-state index contributed by atoms with van der Waals surface area (Å²) in [5, 5.41) is 2.58. The third-order valence-electron chi connectivity index (χ3n) is 19.4. The first-order valence-corrected chi connectivity index (χ1v) is 32.4. The van der Waals surface area contributed by atoms with E-state index in [1.54, 1.807) is 0 Å². The van der Waals surface area contributed by atoms with E-state index in [2.05, 4.69) is 344 Å². The lowest BCUT2D eigenvalue weighted by Crippen LogP contribution is -2.11. The van der Waals surface area contributed by atoms with Crippen LogP contribution >= 0.6 is 0 Å². The summed E-state index contributed by atoms with van der Waals surface area (Å²) in [6, 6.07) is 98.7. The number of hydrogen-bond donors (Lipinski definition) is 0. The highest BCUT2D eigenvalue weighted by Crippen LogP contribution is 2.53. The number of nitrogens with zero attached hydrogens (tertiary/aromatic N) is 7. The number of aromatic nitrogens is 7. The van der Waals surface area contributed by atoms with Gasteiger partial charge in [-0.3, -0.25) is 17.9 Å². The molecule has 0 N–H and O–H groups in total. The van der Waals surface area contributed by atoms with Gasteiger partial charge in [-0.1, -0.05) is 229 Å². The number of fused-ring (bicyclic) bond motifs is 26. The Hall–Kier alpha value is -11.0. The molecular weight excluding hydrogens is 1120 g/mol. The van der Waals surface area contributed by atoms with Gasteiger partial charge in [0.2, 0.25) is 11.6 Å². The topological polar surface area (TPSA) is 49.4 Å². The van der Waals surface area contributed by atoms with E-state index in [4.69, 9.17) is 9.97 Å². The quantitative estimate of drug-likeness (QED) is 0.176. The molecule has 0 amide bonds. The first-order valence-electron chi connectivity index (χ1n) is 32.4. The predicted molar refractivity (Wildman–Crippen MR) is 385 cm³/mol. The zero-order valence-corrected chi connectivity index (χ0v) is 52.8. The summed E-state index contributed by atoms with van der Waals surface area (Å²) >= 11 is 0. The van der Waals surface area contributed by atoms with Crippen molar-refractivity contribution in [1.29, 1.82) is 0 Å². The molecule has 5 aromatic heterocycles. The van der Waals surface area contributed by atoms with Gasteiger partial charge in [-0.2, -0.15) is 0 Å². The van der Waals surface area contributed by atoms with Crippen molar-refractivity contribution in [3.05, 3.63) is 290 Å². The Morgan fingerprint density at radius 2 is 0.772 bits per heavy atom. The van der Waals surface area contributed by atoms with Crippen molar-refractivity contribution in [3.63, 3.8) is 0 Å². The molecule has 12 aromatic carbocycles. The number of benzene rings is 12. The lowest BCUT2D eigenvalue weighted by Gasteiger charge is -2.26. The standard InChI is InChI=1S/C29H23N3.C28H22N4.C28H24/c1-18(2)26-20-12-6-7-13-21(20)27-22(26)16-17-25-28(27)32-24-15-9-8-14-23(24)30-29(32)31(25)19-10-4-3-5-11-19;1-18(2)30-23-14-8-6-12-20(23)21-16-17-25-27(26(21)30)32-24-15-9-7-13-22(24)29-28(32)31(25)19-10-4-3-5-11-19;1-28(2,3)19-16-17-26-24-14-7-6-12-22(24)20-10-4-5-11-21(20)23-13-8-9-15-25(23)27(26)18-19/h3-18,26H,1-2H3;3-18H,1-2H3;4-18H,1-3H3. The van der Waals surface area contributed by atoms with Crippen molar-refractivity contribution in [2.45, 2.75) is 65.8 Å². The molecule has 2 aliphatic rings. The normalized spacial score (nSPS) is 13.2. The molecule has 0 radical (unpaired) electrons. The molecule has 0 saturated carbocycles. The van der Waals surface area contributed by atoms with Crippen LogP contribution in [-0.4, -0.2) is 32.5 Å². The largest absolute Gasteiger partial charge is 0.336 e. The van der Waals surface area contributed by atoms with E-state index in [1.165, 1.54) is 116 Å². The second-order valence-corrected chi connectivity index (χ2v) is 26.5. The molecule has 0 bridgehead atoms. The monoisotopic (exact) mass is 1190 g/mol. The van der Waals surface area contributed by atoms with E-state index in [1.807, 2.05) is 0 Å². The van der Waals surface area contributed by atoms with Crippen LogP contribution in [0.4, 0.5) is 0 Å². The van der Waals surface area contributed by atoms with E-state index < -0.39 is 0 Å². The molecule has 7 nitrogen and oxygen atoms in total. The minimum absolute atomic E-state index is 0.115. The van der Waals surface area contributed by atoms with Crippen LogP contribution in [0, 0.1) is 5.92 Å². The second kappa shape index (κ2) is 21.3. The molecule has 92 heavy (non-hydrogen) atoms. The Labute approximate surface area is 535 Å². The van der Waals surface area contributed by atoms with Crippen molar-refractivity contribution in [2.24, 2.45) is 5.92 Å². The number of hydrogen-bond acceptors (Lipinski definition) is 2. The Morgan fingerprint density at radius 3 is 1.30 bits per heavy atom. The zero-order valence-electron chi connectivity index (χ0n) is 52.8. The van der Waals surface area contributed by atoms with Crippen LogP contribution in [0.5, 0.6) is 0 Å². The molecule has 7 heteroatoms. The summed E-state index contributed by atoms with van der Waals surface area (Å²) < 4.78 is 11.8. The first kappa shape index (κ1) is 55.1. The van der Waals surface area contributed by atoms with Crippen molar-refractivity contribution >= 4 is 77.5 Å². The summed E-state index contributed by atoms with van der Waals surface area (Å²) in [7, 11) is 0. The molecule has 5 heterocycles. The second-order valence-electron chi connectivity index (χ2n) is 26.5. The molecule has 444 valence electrons. The van der Waals surface area contributed by atoms with Crippen LogP contribution in [0.1, 0.15) is 77.1 Å². The van der Waals surface area contributed by atoms with E-state index in [0.29, 0.717) is 17.9 Å². The van der Waals surface area contributed by atoms with Crippen molar-refractivity contribution in [2.75, 3.05) is 0 Å². The highest BCUT2D eigenvalue weighted by atomic mass is 15.2. The van der Waals surface area contributed by atoms with E-state index in [9.17, 15) is 0 Å². The van der Waals surface area contributed by atoms with Crippen molar-refractivity contribution < 1.29 is 0 Å². The molecule has 2 aliphatic carbocycles. The lowest BCUT2D eigenvalue weighted by molar-refractivity contribution is 0.573. The van der Waals surface area contributed by atoms with E-state index in [0.717, 1.165) is 45.0 Å². The SMILES string of the molecule is CC(C)(C)c1ccc2c(c1)-c1ccccc1-c1ccccc1-c1ccccc1-2.CC(C)C1c2ccccc2-c2c1ccc1c2n2c3ccccc3nc2n1-c1ccccc1.CC(C)n1c2ccccc2c2ccc3c(c21)n1c2ccccc2nc1n3-c1ccccc1. The maximum Gasteiger partial charge on any atom is 0.220 e. The predicted octanol–water partition coefficient (Wildman–Crippen LogP) is 22.3. The summed E-state index contributed by atoms with van der Waals surface area (Å²) in [5.41, 5.74) is 31.5. The third kappa shape index (κ3) is 8.41. The van der Waals surface area contributed by atoms with Gasteiger partial charge >= 0.3 is 0 Å². The Morgan fingerprint density at radius 1 is 0.337 bits per heavy atom. The first-order chi connectivity index (χ1) is 45.0. The van der Waals surface area contributed by atoms with Crippen LogP contribution in [0.25, 0.3) is 145 Å².